The maximum Gasteiger partial charge on any atom is 0.303 e. The van der Waals surface area contributed by atoms with Crippen LogP contribution in [-0.4, -0.2) is 53.5 Å². The predicted molar refractivity (Wildman–Crippen MR) is 102 cm³/mol. The van der Waals surface area contributed by atoms with Crippen LogP contribution in [0.3, 0.4) is 0 Å². The van der Waals surface area contributed by atoms with Crippen LogP contribution in [0.25, 0.3) is 0 Å². The molecule has 1 heterocycles. The first-order valence-electron chi connectivity index (χ1n) is 9.19. The van der Waals surface area contributed by atoms with E-state index in [0.717, 1.165) is 19.5 Å². The van der Waals surface area contributed by atoms with Crippen LogP contribution in [0.2, 0.25) is 0 Å². The van der Waals surface area contributed by atoms with E-state index in [2.05, 4.69) is 13.8 Å². The summed E-state index contributed by atoms with van der Waals surface area (Å²) in [5.41, 5.74) is 0.714. The molecule has 1 aromatic carbocycles. The van der Waals surface area contributed by atoms with E-state index in [1.54, 1.807) is 19.2 Å². The molecule has 8 heteroatoms. The molecule has 2 rings (SSSR count). The highest BCUT2D eigenvalue weighted by Crippen LogP contribution is 2.34. The Morgan fingerprint density at radius 1 is 1.30 bits per heavy atom. The smallest absolute Gasteiger partial charge is 0.303 e. The number of aliphatic carboxylic acids is 1. The topological polar surface area (TPSA) is 104 Å². The molecule has 1 fully saturated rings. The molecule has 8 nitrogen and oxygen atoms in total. The molecule has 2 atom stereocenters. The highest BCUT2D eigenvalue weighted by atomic mass is 16.6. The zero-order chi connectivity index (χ0) is 20.1. The van der Waals surface area contributed by atoms with Gasteiger partial charge in [0, 0.05) is 44.7 Å². The molecule has 27 heavy (non-hydrogen) atoms. The van der Waals surface area contributed by atoms with Crippen LogP contribution in [0.15, 0.2) is 18.2 Å². The number of carbonyl (C=O) groups excluding carboxylic acids is 1. The average Bonchev–Trinajstić information content (AvgIpc) is 2.59. The summed E-state index contributed by atoms with van der Waals surface area (Å²) in [4.78, 5) is 37.7. The quantitative estimate of drug-likeness (QED) is 0.578. The number of nitro groups is 1. The Morgan fingerprint density at radius 3 is 2.48 bits per heavy atom. The third-order valence-electron chi connectivity index (χ3n) is 4.86. The van der Waals surface area contributed by atoms with E-state index in [0.29, 0.717) is 23.9 Å². The number of nitrogens with zero attached hydrogens (tertiary/aromatic N) is 3. The second kappa shape index (κ2) is 8.83. The third kappa shape index (κ3) is 5.42. The summed E-state index contributed by atoms with van der Waals surface area (Å²) in [7, 11) is 1.57. The molecule has 1 amide bonds. The lowest BCUT2D eigenvalue weighted by Gasteiger charge is -2.36. The minimum Gasteiger partial charge on any atom is -0.481 e. The number of hydrogen-bond acceptors (Lipinski definition) is 5. The van der Waals surface area contributed by atoms with E-state index in [-0.39, 0.29) is 30.1 Å². The first kappa shape index (κ1) is 20.7. The Hall–Kier alpha value is -2.64. The number of nitro benzene ring substituents is 1. The summed E-state index contributed by atoms with van der Waals surface area (Å²) in [6.07, 6.45) is 1.41. The van der Waals surface area contributed by atoms with Crippen molar-refractivity contribution in [3.63, 3.8) is 0 Å². The average molecular weight is 377 g/mol. The summed E-state index contributed by atoms with van der Waals surface area (Å²) in [6, 6.07) is 4.60. The highest BCUT2D eigenvalue weighted by molar-refractivity contribution is 5.95. The fraction of sp³-hybridized carbons (Fsp3) is 0.579. The number of anilines is 1. The number of hydrogen-bond donors (Lipinski definition) is 1. The molecule has 0 bridgehead atoms. The number of carboxylic acid groups (broad SMARTS) is 1. The van der Waals surface area contributed by atoms with Gasteiger partial charge in [-0.05, 0) is 36.8 Å². The van der Waals surface area contributed by atoms with Crippen LogP contribution in [0.5, 0.6) is 0 Å². The SMILES string of the molecule is CC1CC(C)CN(c2ccc(C(=O)N(C)CCCC(=O)O)cc2[N+](=O)[O-])C1. The van der Waals surface area contributed by atoms with Crippen LogP contribution < -0.4 is 4.90 Å². The van der Waals surface area contributed by atoms with Gasteiger partial charge >= 0.3 is 5.97 Å². The zero-order valence-electron chi connectivity index (χ0n) is 16.1. The minimum atomic E-state index is -0.916. The molecule has 0 spiro atoms. The van der Waals surface area contributed by atoms with Crippen molar-refractivity contribution in [1.29, 1.82) is 0 Å². The maximum atomic E-state index is 12.5. The van der Waals surface area contributed by atoms with Crippen molar-refractivity contribution >= 4 is 23.3 Å². The molecule has 1 aliphatic heterocycles. The lowest BCUT2D eigenvalue weighted by molar-refractivity contribution is -0.384. The summed E-state index contributed by atoms with van der Waals surface area (Å²) in [5, 5.41) is 20.3. The van der Waals surface area contributed by atoms with E-state index >= 15 is 0 Å². The molecule has 148 valence electrons. The normalized spacial score (nSPS) is 19.6. The Labute approximate surface area is 158 Å². The van der Waals surface area contributed by atoms with Crippen LogP contribution in [0.4, 0.5) is 11.4 Å². The van der Waals surface area contributed by atoms with Gasteiger partial charge in [0.25, 0.3) is 11.6 Å². The van der Waals surface area contributed by atoms with Crippen molar-refractivity contribution in [2.24, 2.45) is 11.8 Å². The fourth-order valence-electron chi connectivity index (χ4n) is 3.72. The summed E-state index contributed by atoms with van der Waals surface area (Å²) >= 11 is 0. The van der Waals surface area contributed by atoms with E-state index in [1.165, 1.54) is 11.0 Å². The Morgan fingerprint density at radius 2 is 1.93 bits per heavy atom. The first-order chi connectivity index (χ1) is 12.7. The van der Waals surface area contributed by atoms with Gasteiger partial charge in [0.1, 0.15) is 5.69 Å². The summed E-state index contributed by atoms with van der Waals surface area (Å²) in [5.74, 6) is -0.360. The van der Waals surface area contributed by atoms with E-state index in [9.17, 15) is 19.7 Å². The highest BCUT2D eigenvalue weighted by Gasteiger charge is 2.28. The molecule has 0 saturated carbocycles. The second-order valence-corrected chi connectivity index (χ2v) is 7.54. The standard InChI is InChI=1S/C19H27N3O5/c1-13-9-14(2)12-21(11-13)16-7-6-15(10-17(16)22(26)27)19(25)20(3)8-4-5-18(23)24/h6-7,10,13-14H,4-5,8-9,11-12H2,1-3H3,(H,23,24). The molecule has 1 saturated heterocycles. The molecule has 0 aromatic heterocycles. The van der Waals surface area contributed by atoms with E-state index < -0.39 is 10.9 Å². The van der Waals surface area contributed by atoms with Gasteiger partial charge in [-0.1, -0.05) is 13.8 Å². The number of rotatable bonds is 7. The van der Waals surface area contributed by atoms with Crippen molar-refractivity contribution in [3.8, 4) is 0 Å². The number of piperidine rings is 1. The fourth-order valence-corrected chi connectivity index (χ4v) is 3.72. The number of amides is 1. The first-order valence-corrected chi connectivity index (χ1v) is 9.19. The van der Waals surface area contributed by atoms with E-state index in [4.69, 9.17) is 5.11 Å². The summed E-state index contributed by atoms with van der Waals surface area (Å²) < 4.78 is 0. The Balaban J connectivity index is 2.20. The van der Waals surface area contributed by atoms with Crippen molar-refractivity contribution in [2.45, 2.75) is 33.1 Å². The number of carbonyl (C=O) groups is 2. The Kier molecular flexibility index (Phi) is 6.76. The summed E-state index contributed by atoms with van der Waals surface area (Å²) in [6.45, 7) is 6.07. The molecular weight excluding hydrogens is 350 g/mol. The van der Waals surface area contributed by atoms with Crippen LogP contribution in [-0.2, 0) is 4.79 Å². The maximum absolute atomic E-state index is 12.5. The van der Waals surface area contributed by atoms with Crippen LogP contribution in [0, 0.1) is 22.0 Å². The lowest BCUT2D eigenvalue weighted by atomic mass is 9.91. The lowest BCUT2D eigenvalue weighted by Crippen LogP contribution is -2.39. The van der Waals surface area contributed by atoms with Gasteiger partial charge in [0.05, 0.1) is 4.92 Å². The van der Waals surface area contributed by atoms with Gasteiger partial charge in [-0.3, -0.25) is 19.7 Å². The third-order valence-corrected chi connectivity index (χ3v) is 4.86. The number of benzene rings is 1. The molecule has 2 unspecified atom stereocenters. The van der Waals surface area contributed by atoms with Crippen LogP contribution in [0.1, 0.15) is 43.5 Å². The second-order valence-electron chi connectivity index (χ2n) is 7.54. The van der Waals surface area contributed by atoms with Crippen molar-refractivity contribution in [3.05, 3.63) is 33.9 Å². The monoisotopic (exact) mass is 377 g/mol. The van der Waals surface area contributed by atoms with Gasteiger partial charge in [-0.25, -0.2) is 0 Å². The zero-order valence-corrected chi connectivity index (χ0v) is 16.1. The Bertz CT molecular complexity index is 711. The number of carboxylic acids is 1. The van der Waals surface area contributed by atoms with Crippen molar-refractivity contribution in [1.82, 2.24) is 4.90 Å². The van der Waals surface area contributed by atoms with Gasteiger partial charge in [0.2, 0.25) is 0 Å². The van der Waals surface area contributed by atoms with Gasteiger partial charge < -0.3 is 14.9 Å². The van der Waals surface area contributed by atoms with E-state index in [1.807, 2.05) is 4.90 Å². The van der Waals surface area contributed by atoms with Crippen molar-refractivity contribution < 1.29 is 19.6 Å². The van der Waals surface area contributed by atoms with Crippen molar-refractivity contribution in [2.75, 3.05) is 31.6 Å². The van der Waals surface area contributed by atoms with Gasteiger partial charge in [-0.15, -0.1) is 0 Å². The minimum absolute atomic E-state index is 0.0258. The largest absolute Gasteiger partial charge is 0.481 e. The molecule has 0 aliphatic carbocycles. The molecule has 0 radical (unpaired) electrons. The molecule has 1 aromatic rings. The molecule has 1 N–H and O–H groups in total. The predicted octanol–water partition coefficient (Wildman–Crippen LogP) is 3.01. The molecular formula is C19H27N3O5. The van der Waals surface area contributed by atoms with Gasteiger partial charge in [-0.2, -0.15) is 0 Å². The van der Waals surface area contributed by atoms with Crippen LogP contribution >= 0.6 is 0 Å². The van der Waals surface area contributed by atoms with Gasteiger partial charge in [0.15, 0.2) is 0 Å². The molecule has 1 aliphatic rings.